The maximum Gasteiger partial charge on any atom is 0.283 e. The Morgan fingerprint density at radius 2 is 1.86 bits per heavy atom. The molecule has 0 spiro atoms. The van der Waals surface area contributed by atoms with E-state index in [0.29, 0.717) is 6.54 Å². The third-order valence-corrected chi connectivity index (χ3v) is 6.14. The van der Waals surface area contributed by atoms with Gasteiger partial charge in [0.1, 0.15) is 0 Å². The number of aromatic nitrogens is 2. The molecule has 1 amide bonds. The minimum Gasteiger partial charge on any atom is -0.348 e. The van der Waals surface area contributed by atoms with E-state index >= 15 is 0 Å². The van der Waals surface area contributed by atoms with Crippen LogP contribution in [0.3, 0.4) is 0 Å². The maximum absolute atomic E-state index is 12.7. The third kappa shape index (κ3) is 4.20. The molecule has 1 heterocycles. The molecule has 0 bridgehead atoms. The summed E-state index contributed by atoms with van der Waals surface area (Å²) in [6.45, 7) is 6.32. The number of aryl methyl sites for hydroxylation is 3. The summed E-state index contributed by atoms with van der Waals surface area (Å²) < 4.78 is 26.1. The Labute approximate surface area is 169 Å². The molecular weight excluding hydrogens is 388 g/mol. The molecule has 29 heavy (non-hydrogen) atoms. The van der Waals surface area contributed by atoms with Gasteiger partial charge in [-0.2, -0.15) is 22.9 Å². The highest BCUT2D eigenvalue weighted by atomic mass is 32.2. The zero-order valence-electron chi connectivity index (χ0n) is 16.3. The standard InChI is InChI=1S/C21H20N4O3S/c1-14-7-15(2)20(16(3)8-14)12-23-21(26)18-11-24-25(13-18)29(27,28)19-6-4-5-17(9-19)10-22/h4-9,11,13H,12H2,1-3H3,(H,23,26). The van der Waals surface area contributed by atoms with Crippen LogP contribution in [-0.4, -0.2) is 23.5 Å². The summed E-state index contributed by atoms with van der Waals surface area (Å²) in [4.78, 5) is 12.4. The van der Waals surface area contributed by atoms with Gasteiger partial charge in [-0.25, -0.2) is 0 Å². The monoisotopic (exact) mass is 408 g/mol. The van der Waals surface area contributed by atoms with Gasteiger partial charge < -0.3 is 5.32 Å². The van der Waals surface area contributed by atoms with Crippen molar-refractivity contribution in [3.8, 4) is 6.07 Å². The number of hydrogen-bond donors (Lipinski definition) is 1. The Hall–Kier alpha value is -3.44. The van der Waals surface area contributed by atoms with Crippen LogP contribution in [0, 0.1) is 32.1 Å². The van der Waals surface area contributed by atoms with Gasteiger partial charge in [0.25, 0.3) is 15.9 Å². The fraction of sp³-hybridized carbons (Fsp3) is 0.190. The molecule has 1 N–H and O–H groups in total. The van der Waals surface area contributed by atoms with Gasteiger partial charge in [-0.15, -0.1) is 0 Å². The summed E-state index contributed by atoms with van der Waals surface area (Å²) in [5.74, 6) is -0.420. The summed E-state index contributed by atoms with van der Waals surface area (Å²) in [7, 11) is -4.00. The van der Waals surface area contributed by atoms with Gasteiger partial charge >= 0.3 is 0 Å². The normalized spacial score (nSPS) is 11.1. The van der Waals surface area contributed by atoms with Crippen molar-refractivity contribution in [1.82, 2.24) is 14.5 Å². The number of carbonyl (C=O) groups is 1. The van der Waals surface area contributed by atoms with Crippen molar-refractivity contribution in [1.29, 1.82) is 5.26 Å². The van der Waals surface area contributed by atoms with Crippen molar-refractivity contribution < 1.29 is 13.2 Å². The molecule has 8 heteroatoms. The van der Waals surface area contributed by atoms with Crippen molar-refractivity contribution in [2.75, 3.05) is 0 Å². The first-order chi connectivity index (χ1) is 13.7. The molecule has 148 valence electrons. The number of nitriles is 1. The lowest BCUT2D eigenvalue weighted by Crippen LogP contribution is -2.23. The quantitative estimate of drug-likeness (QED) is 0.699. The number of rotatable bonds is 5. The molecule has 0 saturated carbocycles. The predicted octanol–water partition coefficient (Wildman–Crippen LogP) is 2.85. The molecule has 0 fully saturated rings. The van der Waals surface area contributed by atoms with E-state index < -0.39 is 15.9 Å². The second-order valence-electron chi connectivity index (χ2n) is 6.81. The molecule has 0 aliphatic carbocycles. The molecule has 0 atom stereocenters. The van der Waals surface area contributed by atoms with Crippen LogP contribution >= 0.6 is 0 Å². The van der Waals surface area contributed by atoms with E-state index in [1.807, 2.05) is 26.8 Å². The number of nitrogens with one attached hydrogen (secondary N) is 1. The first-order valence-electron chi connectivity index (χ1n) is 8.87. The van der Waals surface area contributed by atoms with Gasteiger partial charge in [0.05, 0.1) is 34.5 Å². The number of carbonyl (C=O) groups excluding carboxylic acids is 1. The summed E-state index contributed by atoms with van der Waals surface area (Å²) >= 11 is 0. The van der Waals surface area contributed by atoms with Crippen molar-refractivity contribution in [3.05, 3.63) is 82.2 Å². The lowest BCUT2D eigenvalue weighted by atomic mass is 10.00. The SMILES string of the molecule is Cc1cc(C)c(CNC(=O)c2cnn(S(=O)(=O)c3cccc(C#N)c3)c2)c(C)c1. The smallest absolute Gasteiger partial charge is 0.283 e. The zero-order chi connectivity index (χ0) is 21.2. The molecule has 1 aromatic heterocycles. The van der Waals surface area contributed by atoms with Gasteiger partial charge in [0, 0.05) is 6.54 Å². The van der Waals surface area contributed by atoms with Gasteiger partial charge in [0.15, 0.2) is 0 Å². The summed E-state index contributed by atoms with van der Waals surface area (Å²) in [5.41, 5.74) is 4.70. The number of amides is 1. The van der Waals surface area contributed by atoms with Gasteiger partial charge in [-0.3, -0.25) is 4.79 Å². The molecule has 0 saturated heterocycles. The molecule has 0 unspecified atom stereocenters. The van der Waals surface area contributed by atoms with Crippen LogP contribution in [0.4, 0.5) is 0 Å². The van der Waals surface area contributed by atoms with Crippen molar-refractivity contribution in [2.45, 2.75) is 32.2 Å². The summed E-state index contributed by atoms with van der Waals surface area (Å²) in [6, 6.07) is 11.6. The Balaban J connectivity index is 1.79. The van der Waals surface area contributed by atoms with Gasteiger partial charge in [-0.1, -0.05) is 23.8 Å². The highest BCUT2D eigenvalue weighted by Crippen LogP contribution is 2.17. The third-order valence-electron chi connectivity index (χ3n) is 4.60. The lowest BCUT2D eigenvalue weighted by Gasteiger charge is -2.12. The summed E-state index contributed by atoms with van der Waals surface area (Å²) in [5, 5.41) is 15.6. The fourth-order valence-corrected chi connectivity index (χ4v) is 4.31. The van der Waals surface area contributed by atoms with E-state index in [1.54, 1.807) is 0 Å². The van der Waals surface area contributed by atoms with Gasteiger partial charge in [-0.05, 0) is 55.7 Å². The van der Waals surface area contributed by atoms with E-state index in [0.717, 1.165) is 26.3 Å². The van der Waals surface area contributed by atoms with E-state index in [1.165, 1.54) is 36.7 Å². The Morgan fingerprint density at radius 1 is 1.17 bits per heavy atom. The van der Waals surface area contributed by atoms with Crippen molar-refractivity contribution in [3.63, 3.8) is 0 Å². The Morgan fingerprint density at radius 3 is 2.52 bits per heavy atom. The minimum absolute atomic E-state index is 0.0717. The summed E-state index contributed by atoms with van der Waals surface area (Å²) in [6.07, 6.45) is 2.37. The Bertz CT molecular complexity index is 1210. The fourth-order valence-electron chi connectivity index (χ4n) is 3.15. The molecule has 0 aliphatic heterocycles. The topological polar surface area (TPSA) is 105 Å². The zero-order valence-corrected chi connectivity index (χ0v) is 17.1. The van der Waals surface area contributed by atoms with Crippen LogP contribution < -0.4 is 5.32 Å². The van der Waals surface area contributed by atoms with Gasteiger partial charge in [0.2, 0.25) is 0 Å². The number of nitrogens with zero attached hydrogens (tertiary/aromatic N) is 3. The average Bonchev–Trinajstić information content (AvgIpc) is 3.18. The number of benzene rings is 2. The average molecular weight is 408 g/mol. The molecule has 0 aliphatic rings. The maximum atomic E-state index is 12.7. The minimum atomic E-state index is -4.00. The second kappa shape index (κ2) is 7.89. The van der Waals surface area contributed by atoms with Crippen molar-refractivity contribution in [2.24, 2.45) is 0 Å². The van der Waals surface area contributed by atoms with Crippen LogP contribution in [0.15, 0.2) is 53.7 Å². The van der Waals surface area contributed by atoms with Crippen LogP contribution in [0.2, 0.25) is 0 Å². The van der Waals surface area contributed by atoms with Crippen LogP contribution in [0.5, 0.6) is 0 Å². The highest BCUT2D eigenvalue weighted by Gasteiger charge is 2.20. The number of hydrogen-bond acceptors (Lipinski definition) is 5. The van der Waals surface area contributed by atoms with Crippen LogP contribution in [0.1, 0.15) is 38.2 Å². The molecule has 3 aromatic rings. The largest absolute Gasteiger partial charge is 0.348 e. The van der Waals surface area contributed by atoms with Crippen molar-refractivity contribution >= 4 is 15.9 Å². The lowest BCUT2D eigenvalue weighted by molar-refractivity contribution is 0.0951. The van der Waals surface area contributed by atoms with E-state index in [2.05, 4.69) is 22.5 Å². The predicted molar refractivity (Wildman–Crippen MR) is 108 cm³/mol. The molecule has 0 radical (unpaired) electrons. The van der Waals surface area contributed by atoms with Crippen LogP contribution in [0.25, 0.3) is 0 Å². The van der Waals surface area contributed by atoms with E-state index in [-0.39, 0.29) is 16.0 Å². The highest BCUT2D eigenvalue weighted by molar-refractivity contribution is 7.89. The first-order valence-corrected chi connectivity index (χ1v) is 10.3. The molecular formula is C21H20N4O3S. The second-order valence-corrected chi connectivity index (χ2v) is 8.60. The van der Waals surface area contributed by atoms with E-state index in [9.17, 15) is 13.2 Å². The molecule has 3 rings (SSSR count). The van der Waals surface area contributed by atoms with Crippen LogP contribution in [-0.2, 0) is 16.6 Å². The Kier molecular flexibility index (Phi) is 5.52. The molecule has 2 aromatic carbocycles. The van der Waals surface area contributed by atoms with E-state index in [4.69, 9.17) is 5.26 Å². The molecule has 7 nitrogen and oxygen atoms in total. The first kappa shape index (κ1) is 20.3.